The topological polar surface area (TPSA) is 62.7 Å². The van der Waals surface area contributed by atoms with Crippen molar-refractivity contribution in [3.05, 3.63) is 22.8 Å². The minimum absolute atomic E-state index is 0.106. The highest BCUT2D eigenvalue weighted by atomic mass is 35.5. The zero-order valence-corrected chi connectivity index (χ0v) is 10.1. The largest absolute Gasteiger partial charge is 0.476 e. The Morgan fingerprint density at radius 3 is 3.00 bits per heavy atom. The second-order valence-electron chi connectivity index (χ2n) is 3.90. The lowest BCUT2D eigenvalue weighted by Crippen LogP contribution is -2.23. The van der Waals surface area contributed by atoms with Gasteiger partial charge in [-0.1, -0.05) is 11.6 Å². The Morgan fingerprint density at radius 1 is 1.65 bits per heavy atom. The first-order chi connectivity index (χ1) is 8.11. The SMILES string of the molecule is COC1CCN(c2ccc(Cl)c(C(=O)O)n2)C1. The van der Waals surface area contributed by atoms with Crippen molar-refractivity contribution >= 4 is 23.4 Å². The van der Waals surface area contributed by atoms with Crippen LogP contribution >= 0.6 is 11.6 Å². The Labute approximate surface area is 104 Å². The van der Waals surface area contributed by atoms with Gasteiger partial charge in [0.15, 0.2) is 5.69 Å². The van der Waals surface area contributed by atoms with Gasteiger partial charge in [-0.25, -0.2) is 9.78 Å². The number of rotatable bonds is 3. The summed E-state index contributed by atoms with van der Waals surface area (Å²) in [5, 5.41) is 9.10. The molecule has 0 radical (unpaired) electrons. The van der Waals surface area contributed by atoms with E-state index in [9.17, 15) is 4.79 Å². The summed E-state index contributed by atoms with van der Waals surface area (Å²) < 4.78 is 5.25. The number of nitrogens with zero attached hydrogens (tertiary/aromatic N) is 2. The maximum absolute atomic E-state index is 10.9. The summed E-state index contributed by atoms with van der Waals surface area (Å²) in [5.74, 6) is -0.481. The number of halogens is 1. The van der Waals surface area contributed by atoms with Crippen LogP contribution in [-0.4, -0.2) is 42.4 Å². The smallest absolute Gasteiger partial charge is 0.356 e. The molecular formula is C11H13ClN2O3. The molecule has 0 aromatic carbocycles. The van der Waals surface area contributed by atoms with Gasteiger partial charge in [-0.3, -0.25) is 0 Å². The highest BCUT2D eigenvalue weighted by molar-refractivity contribution is 6.33. The highest BCUT2D eigenvalue weighted by Crippen LogP contribution is 2.23. The fourth-order valence-electron chi connectivity index (χ4n) is 1.89. The van der Waals surface area contributed by atoms with Crippen molar-refractivity contribution in [2.75, 3.05) is 25.1 Å². The van der Waals surface area contributed by atoms with Gasteiger partial charge in [-0.2, -0.15) is 0 Å². The van der Waals surface area contributed by atoms with Gasteiger partial charge in [0.1, 0.15) is 5.82 Å². The van der Waals surface area contributed by atoms with Crippen LogP contribution in [0.1, 0.15) is 16.9 Å². The summed E-state index contributed by atoms with van der Waals surface area (Å²) in [5.41, 5.74) is -0.106. The normalized spacial score (nSPS) is 19.6. The molecule has 0 saturated carbocycles. The average Bonchev–Trinajstić information content (AvgIpc) is 2.78. The molecule has 0 bridgehead atoms. The second-order valence-corrected chi connectivity index (χ2v) is 4.30. The number of anilines is 1. The minimum Gasteiger partial charge on any atom is -0.476 e. The Hall–Kier alpha value is -1.33. The van der Waals surface area contributed by atoms with E-state index in [2.05, 4.69) is 4.98 Å². The summed E-state index contributed by atoms with van der Waals surface area (Å²) in [4.78, 5) is 17.0. The fourth-order valence-corrected chi connectivity index (χ4v) is 2.07. The fraction of sp³-hybridized carbons (Fsp3) is 0.455. The van der Waals surface area contributed by atoms with Crippen molar-refractivity contribution in [1.29, 1.82) is 0 Å². The molecule has 1 N–H and O–H groups in total. The van der Waals surface area contributed by atoms with E-state index in [1.165, 1.54) is 0 Å². The number of hydrogen-bond acceptors (Lipinski definition) is 4. The number of carbonyl (C=O) groups is 1. The zero-order valence-electron chi connectivity index (χ0n) is 9.39. The standard InChI is InChI=1S/C11H13ClN2O3/c1-17-7-4-5-14(6-7)9-3-2-8(12)10(13-9)11(15)16/h2-3,7H,4-6H2,1H3,(H,15,16). The van der Waals surface area contributed by atoms with Crippen molar-refractivity contribution in [2.45, 2.75) is 12.5 Å². The van der Waals surface area contributed by atoms with Crippen molar-refractivity contribution < 1.29 is 14.6 Å². The Kier molecular flexibility index (Phi) is 3.49. The van der Waals surface area contributed by atoms with E-state index in [1.54, 1.807) is 19.2 Å². The van der Waals surface area contributed by atoms with E-state index in [4.69, 9.17) is 21.4 Å². The van der Waals surface area contributed by atoms with Crippen molar-refractivity contribution in [3.8, 4) is 0 Å². The average molecular weight is 257 g/mol. The van der Waals surface area contributed by atoms with Crippen molar-refractivity contribution in [3.63, 3.8) is 0 Å². The van der Waals surface area contributed by atoms with Crippen molar-refractivity contribution in [2.24, 2.45) is 0 Å². The Balaban J connectivity index is 2.22. The summed E-state index contributed by atoms with van der Waals surface area (Å²) in [6.45, 7) is 1.54. The summed E-state index contributed by atoms with van der Waals surface area (Å²) in [7, 11) is 1.67. The maximum Gasteiger partial charge on any atom is 0.356 e. The molecule has 1 unspecified atom stereocenters. The second kappa shape index (κ2) is 4.89. The van der Waals surface area contributed by atoms with Gasteiger partial charge in [0.05, 0.1) is 11.1 Å². The molecule has 0 aliphatic carbocycles. The molecule has 1 aliphatic rings. The number of hydrogen-bond donors (Lipinski definition) is 1. The van der Waals surface area contributed by atoms with E-state index in [0.717, 1.165) is 19.5 Å². The lowest BCUT2D eigenvalue weighted by Gasteiger charge is -2.17. The van der Waals surface area contributed by atoms with E-state index in [0.29, 0.717) is 5.82 Å². The lowest BCUT2D eigenvalue weighted by atomic mass is 10.3. The molecule has 1 aromatic rings. The first kappa shape index (κ1) is 12.1. The molecule has 0 amide bonds. The van der Waals surface area contributed by atoms with Crippen LogP contribution in [0, 0.1) is 0 Å². The predicted molar refractivity (Wildman–Crippen MR) is 63.8 cm³/mol. The van der Waals surface area contributed by atoms with Crippen LogP contribution in [0.4, 0.5) is 5.82 Å². The number of pyridine rings is 1. The van der Waals surface area contributed by atoms with E-state index in [1.807, 2.05) is 4.90 Å². The monoisotopic (exact) mass is 256 g/mol. The maximum atomic E-state index is 10.9. The molecule has 1 atom stereocenters. The summed E-state index contributed by atoms with van der Waals surface area (Å²) in [6.07, 6.45) is 1.10. The van der Waals surface area contributed by atoms with Crippen LogP contribution in [0.15, 0.2) is 12.1 Å². The molecule has 1 aliphatic heterocycles. The van der Waals surface area contributed by atoms with E-state index < -0.39 is 5.97 Å². The molecule has 1 fully saturated rings. The molecule has 1 saturated heterocycles. The first-order valence-corrected chi connectivity index (χ1v) is 5.67. The molecule has 17 heavy (non-hydrogen) atoms. The molecule has 2 heterocycles. The molecular weight excluding hydrogens is 244 g/mol. The van der Waals surface area contributed by atoms with Gasteiger partial charge in [-0.15, -0.1) is 0 Å². The van der Waals surface area contributed by atoms with Crippen LogP contribution in [0.2, 0.25) is 5.02 Å². The third kappa shape index (κ3) is 2.50. The van der Waals surface area contributed by atoms with Crippen LogP contribution < -0.4 is 4.90 Å². The zero-order chi connectivity index (χ0) is 12.4. The Bertz CT molecular complexity index is 439. The van der Waals surface area contributed by atoms with Crippen LogP contribution in [0.25, 0.3) is 0 Å². The summed E-state index contributed by atoms with van der Waals surface area (Å²) >= 11 is 5.77. The van der Waals surface area contributed by atoms with Gasteiger partial charge >= 0.3 is 5.97 Å². The first-order valence-electron chi connectivity index (χ1n) is 5.29. The number of aromatic carboxylic acids is 1. The third-order valence-corrected chi connectivity index (χ3v) is 3.14. The number of methoxy groups -OCH3 is 1. The van der Waals surface area contributed by atoms with Crippen molar-refractivity contribution in [1.82, 2.24) is 4.98 Å². The predicted octanol–water partition coefficient (Wildman–Crippen LogP) is 1.66. The molecule has 6 heteroatoms. The van der Waals surface area contributed by atoms with Gasteiger partial charge in [0.25, 0.3) is 0 Å². The number of carboxylic acid groups (broad SMARTS) is 1. The lowest BCUT2D eigenvalue weighted by molar-refractivity contribution is 0.0691. The molecule has 2 rings (SSSR count). The third-order valence-electron chi connectivity index (χ3n) is 2.84. The van der Waals surface area contributed by atoms with Gasteiger partial charge in [0, 0.05) is 20.2 Å². The molecule has 92 valence electrons. The molecule has 1 aromatic heterocycles. The van der Waals surface area contributed by atoms with E-state index in [-0.39, 0.29) is 16.8 Å². The van der Waals surface area contributed by atoms with Gasteiger partial charge in [0.2, 0.25) is 0 Å². The Morgan fingerprint density at radius 2 is 2.41 bits per heavy atom. The van der Waals surface area contributed by atoms with Crippen LogP contribution in [0.5, 0.6) is 0 Å². The number of carboxylic acids is 1. The van der Waals surface area contributed by atoms with E-state index >= 15 is 0 Å². The number of ether oxygens (including phenoxy) is 1. The quantitative estimate of drug-likeness (QED) is 0.891. The van der Waals surface area contributed by atoms with Crippen LogP contribution in [-0.2, 0) is 4.74 Å². The molecule has 5 nitrogen and oxygen atoms in total. The molecule has 0 spiro atoms. The minimum atomic E-state index is -1.11. The summed E-state index contributed by atoms with van der Waals surface area (Å²) in [6, 6.07) is 3.29. The highest BCUT2D eigenvalue weighted by Gasteiger charge is 2.24. The number of aromatic nitrogens is 1. The van der Waals surface area contributed by atoms with Crippen LogP contribution in [0.3, 0.4) is 0 Å². The van der Waals surface area contributed by atoms with Gasteiger partial charge < -0.3 is 14.7 Å². The van der Waals surface area contributed by atoms with Gasteiger partial charge in [-0.05, 0) is 18.6 Å².